The van der Waals surface area contributed by atoms with E-state index in [4.69, 9.17) is 4.74 Å². The fourth-order valence-corrected chi connectivity index (χ4v) is 1.57. The van der Waals surface area contributed by atoms with Gasteiger partial charge in [-0.05, 0) is 18.4 Å². The van der Waals surface area contributed by atoms with Crippen molar-refractivity contribution in [2.75, 3.05) is 0 Å². The molecule has 0 saturated heterocycles. The predicted molar refractivity (Wildman–Crippen MR) is 78.7 cm³/mol. The summed E-state index contributed by atoms with van der Waals surface area (Å²) in [5, 5.41) is 0. The molecule has 0 aliphatic heterocycles. The van der Waals surface area contributed by atoms with Gasteiger partial charge < -0.3 is 4.74 Å². The van der Waals surface area contributed by atoms with Gasteiger partial charge in [-0.1, -0.05) is 68.8 Å². The lowest BCUT2D eigenvalue weighted by atomic mass is 10.2. The fourth-order valence-electron chi connectivity index (χ4n) is 1.57. The molecule has 0 heterocycles. The smallest absolute Gasteiger partial charge is 0.334 e. The van der Waals surface area contributed by atoms with Crippen molar-refractivity contribution in [1.29, 1.82) is 0 Å². The van der Waals surface area contributed by atoms with Crippen LogP contribution in [0.3, 0.4) is 0 Å². The first-order valence-corrected chi connectivity index (χ1v) is 6.78. The van der Waals surface area contributed by atoms with Crippen LogP contribution in [0.2, 0.25) is 0 Å². The number of ether oxygens (including phenoxy) is 1. The number of benzene rings is 1. The minimum atomic E-state index is -0.316. The molecule has 0 fully saturated rings. The Kier molecular flexibility index (Phi) is 7.33. The summed E-state index contributed by atoms with van der Waals surface area (Å²) >= 11 is 0. The molecule has 0 N–H and O–H groups in total. The molecular weight excluding hydrogens is 236 g/mol. The van der Waals surface area contributed by atoms with Crippen molar-refractivity contribution >= 4 is 5.97 Å². The van der Waals surface area contributed by atoms with Gasteiger partial charge >= 0.3 is 5.97 Å². The van der Waals surface area contributed by atoms with E-state index < -0.39 is 0 Å². The molecule has 0 aliphatic rings. The zero-order valence-corrected chi connectivity index (χ0v) is 11.6. The number of hydrogen-bond donors (Lipinski definition) is 0. The first kappa shape index (κ1) is 15.2. The maximum absolute atomic E-state index is 11.7. The summed E-state index contributed by atoms with van der Waals surface area (Å²) < 4.78 is 5.20. The maximum Gasteiger partial charge on any atom is 0.334 e. The highest BCUT2D eigenvalue weighted by Crippen LogP contribution is 2.07. The summed E-state index contributed by atoms with van der Waals surface area (Å²) in [7, 11) is 0. The molecule has 2 nitrogen and oxygen atoms in total. The minimum Gasteiger partial charge on any atom is -0.457 e. The molecule has 2 heteroatoms. The summed E-state index contributed by atoms with van der Waals surface area (Å²) in [6.45, 7) is 6.22. The van der Waals surface area contributed by atoms with Gasteiger partial charge in [0.2, 0.25) is 0 Å². The monoisotopic (exact) mass is 258 g/mol. The molecule has 0 radical (unpaired) electrons. The summed E-state index contributed by atoms with van der Waals surface area (Å²) in [6.07, 6.45) is 8.08. The van der Waals surface area contributed by atoms with Crippen LogP contribution in [0, 0.1) is 0 Å². The van der Waals surface area contributed by atoms with Crippen molar-refractivity contribution in [3.63, 3.8) is 0 Å². The Morgan fingerprint density at radius 1 is 1.26 bits per heavy atom. The van der Waals surface area contributed by atoms with Crippen LogP contribution < -0.4 is 0 Å². The highest BCUT2D eigenvalue weighted by atomic mass is 16.5. The second kappa shape index (κ2) is 9.15. The van der Waals surface area contributed by atoms with Gasteiger partial charge in [-0.3, -0.25) is 0 Å². The molecule has 0 saturated carbocycles. The lowest BCUT2D eigenvalue weighted by Gasteiger charge is -2.05. The number of unbranched alkanes of at least 4 members (excludes halogenated alkanes) is 2. The molecular formula is C17H22O2. The average Bonchev–Trinajstić information content (AvgIpc) is 2.45. The molecule has 0 atom stereocenters. The molecule has 19 heavy (non-hydrogen) atoms. The van der Waals surface area contributed by atoms with Gasteiger partial charge in [0.25, 0.3) is 0 Å². The molecule has 0 aromatic heterocycles. The van der Waals surface area contributed by atoms with E-state index in [1.165, 1.54) is 12.8 Å². The standard InChI is InChI=1S/C17H22O2/c1-3-4-5-6-8-11-15(2)17(18)19-14-16-12-9-7-10-13-16/h6-10,12-13H,2-5,11,14H2,1H3/b8-6+. The molecule has 0 spiro atoms. The highest BCUT2D eigenvalue weighted by Gasteiger charge is 2.06. The second-order valence-corrected chi connectivity index (χ2v) is 4.48. The van der Waals surface area contributed by atoms with Crippen LogP contribution in [0.1, 0.15) is 38.2 Å². The third-order valence-corrected chi connectivity index (χ3v) is 2.76. The lowest BCUT2D eigenvalue weighted by molar-refractivity contribution is -0.140. The Balaban J connectivity index is 2.25. The Labute approximate surface area is 115 Å². The highest BCUT2D eigenvalue weighted by molar-refractivity contribution is 5.87. The summed E-state index contributed by atoms with van der Waals surface area (Å²) in [6, 6.07) is 9.65. The quantitative estimate of drug-likeness (QED) is 0.298. The Bertz CT molecular complexity index is 418. The van der Waals surface area contributed by atoms with Crippen molar-refractivity contribution in [2.24, 2.45) is 0 Å². The van der Waals surface area contributed by atoms with Gasteiger partial charge in [-0.2, -0.15) is 0 Å². The van der Waals surface area contributed by atoms with Crippen LogP contribution in [0.25, 0.3) is 0 Å². The van der Waals surface area contributed by atoms with Gasteiger partial charge in [0.1, 0.15) is 6.61 Å². The summed E-state index contributed by atoms with van der Waals surface area (Å²) in [4.78, 5) is 11.7. The van der Waals surface area contributed by atoms with E-state index in [1.54, 1.807) is 0 Å². The van der Waals surface area contributed by atoms with Crippen molar-refractivity contribution in [2.45, 2.75) is 39.2 Å². The minimum absolute atomic E-state index is 0.304. The molecule has 0 bridgehead atoms. The molecule has 0 aliphatic carbocycles. The fraction of sp³-hybridized carbons (Fsp3) is 0.353. The first-order chi connectivity index (χ1) is 9.24. The van der Waals surface area contributed by atoms with Crippen LogP contribution in [-0.4, -0.2) is 5.97 Å². The number of carbonyl (C=O) groups excluding carboxylic acids is 1. The number of carbonyl (C=O) groups is 1. The van der Waals surface area contributed by atoms with Crippen molar-refractivity contribution < 1.29 is 9.53 Å². The number of rotatable bonds is 8. The average molecular weight is 258 g/mol. The van der Waals surface area contributed by atoms with Crippen LogP contribution >= 0.6 is 0 Å². The third-order valence-electron chi connectivity index (χ3n) is 2.76. The topological polar surface area (TPSA) is 26.3 Å². The number of allylic oxidation sites excluding steroid dienone is 2. The van der Waals surface area contributed by atoms with E-state index in [0.717, 1.165) is 12.0 Å². The van der Waals surface area contributed by atoms with E-state index in [-0.39, 0.29) is 5.97 Å². The summed E-state index contributed by atoms with van der Waals surface area (Å²) in [5.41, 5.74) is 1.49. The van der Waals surface area contributed by atoms with Crippen molar-refractivity contribution in [1.82, 2.24) is 0 Å². The second-order valence-electron chi connectivity index (χ2n) is 4.48. The SMILES string of the molecule is C=C(C/C=C/CCCC)C(=O)OCc1ccccc1. The van der Waals surface area contributed by atoms with E-state index in [9.17, 15) is 4.79 Å². The van der Waals surface area contributed by atoms with E-state index >= 15 is 0 Å². The molecule has 0 amide bonds. The Morgan fingerprint density at radius 3 is 2.68 bits per heavy atom. The summed E-state index contributed by atoms with van der Waals surface area (Å²) in [5.74, 6) is -0.316. The zero-order chi connectivity index (χ0) is 13.9. The Morgan fingerprint density at radius 2 is 2.00 bits per heavy atom. The number of hydrogen-bond acceptors (Lipinski definition) is 2. The first-order valence-electron chi connectivity index (χ1n) is 6.78. The van der Waals surface area contributed by atoms with Gasteiger partial charge in [0.05, 0.1) is 0 Å². The van der Waals surface area contributed by atoms with Gasteiger partial charge in [-0.15, -0.1) is 0 Å². The van der Waals surface area contributed by atoms with E-state index in [2.05, 4.69) is 19.6 Å². The van der Waals surface area contributed by atoms with E-state index in [1.807, 2.05) is 36.4 Å². The Hall–Kier alpha value is -1.83. The molecule has 1 rings (SSSR count). The van der Waals surface area contributed by atoms with Crippen LogP contribution in [0.5, 0.6) is 0 Å². The maximum atomic E-state index is 11.7. The predicted octanol–water partition coefficient (Wildman–Crippen LogP) is 4.42. The largest absolute Gasteiger partial charge is 0.457 e. The van der Waals surface area contributed by atoms with Gasteiger partial charge in [0.15, 0.2) is 0 Å². The zero-order valence-electron chi connectivity index (χ0n) is 11.6. The molecule has 1 aromatic rings. The third kappa shape index (κ3) is 6.61. The molecule has 0 unspecified atom stereocenters. The van der Waals surface area contributed by atoms with Crippen LogP contribution in [0.15, 0.2) is 54.6 Å². The van der Waals surface area contributed by atoms with Crippen LogP contribution in [0.4, 0.5) is 0 Å². The molecule has 1 aromatic carbocycles. The van der Waals surface area contributed by atoms with Gasteiger partial charge in [-0.25, -0.2) is 4.79 Å². The van der Waals surface area contributed by atoms with Crippen molar-refractivity contribution in [3.05, 3.63) is 60.2 Å². The molecule has 102 valence electrons. The van der Waals surface area contributed by atoms with Crippen molar-refractivity contribution in [3.8, 4) is 0 Å². The van der Waals surface area contributed by atoms with Crippen LogP contribution in [-0.2, 0) is 16.1 Å². The lowest BCUT2D eigenvalue weighted by Crippen LogP contribution is -2.06. The number of esters is 1. The van der Waals surface area contributed by atoms with E-state index in [0.29, 0.717) is 18.6 Å². The van der Waals surface area contributed by atoms with Gasteiger partial charge in [0, 0.05) is 5.57 Å². The normalized spacial score (nSPS) is 10.6.